The molecule has 0 aliphatic rings. The number of aliphatic hydroxyl groups excluding tert-OH is 1. The van der Waals surface area contributed by atoms with Crippen LogP contribution < -0.4 is 10.1 Å². The summed E-state index contributed by atoms with van der Waals surface area (Å²) in [6.07, 6.45) is 3.15. The van der Waals surface area contributed by atoms with Gasteiger partial charge in [0.2, 0.25) is 0 Å². The number of nitrogens with one attached hydrogen (secondary N) is 1. The maximum atomic E-state index is 9.81. The molecule has 0 bridgehead atoms. The van der Waals surface area contributed by atoms with Crippen molar-refractivity contribution in [2.24, 2.45) is 0 Å². The maximum Gasteiger partial charge on any atom is 0.119 e. The van der Waals surface area contributed by atoms with Crippen molar-refractivity contribution in [2.45, 2.75) is 19.6 Å². The van der Waals surface area contributed by atoms with Crippen LogP contribution in [0.15, 0.2) is 42.7 Å². The van der Waals surface area contributed by atoms with E-state index in [9.17, 15) is 5.11 Å². The van der Waals surface area contributed by atoms with Crippen LogP contribution in [0.2, 0.25) is 0 Å². The Kier molecular flexibility index (Phi) is 5.58. The number of ether oxygens (including phenoxy) is 1. The lowest BCUT2D eigenvalue weighted by molar-refractivity contribution is 0.106. The second-order valence-electron chi connectivity index (χ2n) is 4.75. The van der Waals surface area contributed by atoms with Crippen LogP contribution in [0.4, 0.5) is 0 Å². The summed E-state index contributed by atoms with van der Waals surface area (Å²) < 4.78 is 7.37. The first-order valence-electron chi connectivity index (χ1n) is 6.80. The Bertz CT molecular complexity index is 482. The van der Waals surface area contributed by atoms with Crippen molar-refractivity contribution in [2.75, 3.05) is 19.7 Å². The summed E-state index contributed by atoms with van der Waals surface area (Å²) in [5.41, 5.74) is 1.19. The number of benzene rings is 1. The Morgan fingerprint density at radius 2 is 2.15 bits per heavy atom. The molecule has 5 nitrogen and oxygen atoms in total. The van der Waals surface area contributed by atoms with Crippen molar-refractivity contribution in [3.63, 3.8) is 0 Å². The zero-order valence-corrected chi connectivity index (χ0v) is 11.7. The Hall–Kier alpha value is -1.85. The molecule has 108 valence electrons. The molecule has 1 aromatic carbocycles. The fourth-order valence-electron chi connectivity index (χ4n) is 1.78. The van der Waals surface area contributed by atoms with Crippen molar-refractivity contribution in [3.8, 4) is 5.75 Å². The predicted molar refractivity (Wildman–Crippen MR) is 77.8 cm³/mol. The van der Waals surface area contributed by atoms with Crippen LogP contribution in [0.25, 0.3) is 0 Å². The van der Waals surface area contributed by atoms with E-state index in [0.29, 0.717) is 6.54 Å². The van der Waals surface area contributed by atoms with Gasteiger partial charge in [0, 0.05) is 25.5 Å². The zero-order chi connectivity index (χ0) is 14.2. The normalized spacial score (nSPS) is 12.3. The summed E-state index contributed by atoms with van der Waals surface area (Å²) in [5, 5.41) is 17.1. The van der Waals surface area contributed by atoms with Crippen LogP contribution in [-0.2, 0) is 6.54 Å². The van der Waals surface area contributed by atoms with E-state index in [1.807, 2.05) is 48.1 Å². The Labute approximate surface area is 119 Å². The fourth-order valence-corrected chi connectivity index (χ4v) is 1.78. The first-order valence-corrected chi connectivity index (χ1v) is 6.80. The van der Waals surface area contributed by atoms with Crippen LogP contribution in [-0.4, -0.2) is 40.7 Å². The van der Waals surface area contributed by atoms with Gasteiger partial charge in [0.15, 0.2) is 0 Å². The average Bonchev–Trinajstić information content (AvgIpc) is 2.96. The van der Waals surface area contributed by atoms with Gasteiger partial charge in [-0.25, -0.2) is 0 Å². The molecular formula is C15H21N3O2. The van der Waals surface area contributed by atoms with E-state index in [1.54, 1.807) is 6.20 Å². The summed E-state index contributed by atoms with van der Waals surface area (Å²) in [6, 6.07) is 9.69. The largest absolute Gasteiger partial charge is 0.491 e. The summed E-state index contributed by atoms with van der Waals surface area (Å²) in [7, 11) is 0. The Morgan fingerprint density at radius 1 is 1.35 bits per heavy atom. The van der Waals surface area contributed by atoms with Gasteiger partial charge >= 0.3 is 0 Å². The van der Waals surface area contributed by atoms with Gasteiger partial charge in [-0.05, 0) is 25.1 Å². The summed E-state index contributed by atoms with van der Waals surface area (Å²) in [5.74, 6) is 0.784. The van der Waals surface area contributed by atoms with E-state index in [0.717, 1.165) is 18.8 Å². The first-order chi connectivity index (χ1) is 9.74. The molecule has 0 radical (unpaired) electrons. The molecule has 2 rings (SSSR count). The van der Waals surface area contributed by atoms with Crippen LogP contribution >= 0.6 is 0 Å². The second-order valence-corrected chi connectivity index (χ2v) is 4.75. The van der Waals surface area contributed by atoms with E-state index in [2.05, 4.69) is 10.4 Å². The monoisotopic (exact) mass is 275 g/mol. The third-order valence-electron chi connectivity index (χ3n) is 2.92. The molecule has 0 spiro atoms. The van der Waals surface area contributed by atoms with Crippen molar-refractivity contribution in [1.82, 2.24) is 15.1 Å². The first kappa shape index (κ1) is 14.6. The molecule has 2 aromatic rings. The third kappa shape index (κ3) is 5.03. The van der Waals surface area contributed by atoms with Gasteiger partial charge in [-0.15, -0.1) is 0 Å². The van der Waals surface area contributed by atoms with Gasteiger partial charge in [-0.1, -0.05) is 17.7 Å². The van der Waals surface area contributed by atoms with Crippen LogP contribution in [0.5, 0.6) is 5.75 Å². The summed E-state index contributed by atoms with van der Waals surface area (Å²) in [4.78, 5) is 0. The number of aromatic nitrogens is 2. The van der Waals surface area contributed by atoms with E-state index in [4.69, 9.17) is 4.74 Å². The minimum Gasteiger partial charge on any atom is -0.491 e. The quantitative estimate of drug-likeness (QED) is 0.711. The molecule has 2 N–H and O–H groups in total. The highest BCUT2D eigenvalue weighted by Crippen LogP contribution is 2.11. The smallest absolute Gasteiger partial charge is 0.119 e. The van der Waals surface area contributed by atoms with E-state index < -0.39 is 6.10 Å². The molecule has 1 heterocycles. The van der Waals surface area contributed by atoms with E-state index in [-0.39, 0.29) is 6.61 Å². The highest BCUT2D eigenvalue weighted by molar-refractivity contribution is 5.26. The van der Waals surface area contributed by atoms with E-state index in [1.165, 1.54) is 5.56 Å². The summed E-state index contributed by atoms with van der Waals surface area (Å²) >= 11 is 0. The van der Waals surface area contributed by atoms with Crippen molar-refractivity contribution >= 4 is 0 Å². The van der Waals surface area contributed by atoms with Gasteiger partial charge in [-0.2, -0.15) is 5.10 Å². The molecule has 1 atom stereocenters. The fraction of sp³-hybridized carbons (Fsp3) is 0.400. The highest BCUT2D eigenvalue weighted by Gasteiger charge is 2.04. The molecule has 0 aliphatic heterocycles. The van der Waals surface area contributed by atoms with Crippen LogP contribution in [0.1, 0.15) is 5.56 Å². The lowest BCUT2D eigenvalue weighted by Crippen LogP contribution is -2.33. The molecule has 5 heteroatoms. The zero-order valence-electron chi connectivity index (χ0n) is 11.7. The minimum absolute atomic E-state index is 0.290. The van der Waals surface area contributed by atoms with Crippen molar-refractivity contribution < 1.29 is 9.84 Å². The van der Waals surface area contributed by atoms with Gasteiger partial charge in [-0.3, -0.25) is 4.68 Å². The molecule has 1 unspecified atom stereocenters. The predicted octanol–water partition coefficient (Wildman–Crippen LogP) is 1.22. The lowest BCUT2D eigenvalue weighted by Gasteiger charge is -2.13. The minimum atomic E-state index is -0.520. The maximum absolute atomic E-state index is 9.81. The standard InChI is InChI=1S/C15H21N3O2/c1-13-3-5-15(6-4-13)20-12-14(19)11-16-8-10-18-9-2-7-17-18/h2-7,9,14,16,19H,8,10-12H2,1H3. The van der Waals surface area contributed by atoms with Gasteiger partial charge < -0.3 is 15.2 Å². The molecule has 1 aromatic heterocycles. The van der Waals surface area contributed by atoms with E-state index >= 15 is 0 Å². The number of nitrogens with zero attached hydrogens (tertiary/aromatic N) is 2. The van der Waals surface area contributed by atoms with Crippen molar-refractivity contribution in [1.29, 1.82) is 0 Å². The number of rotatable bonds is 8. The van der Waals surface area contributed by atoms with Gasteiger partial charge in [0.1, 0.15) is 18.5 Å². The highest BCUT2D eigenvalue weighted by atomic mass is 16.5. The van der Waals surface area contributed by atoms with Crippen molar-refractivity contribution in [3.05, 3.63) is 48.3 Å². The Morgan fingerprint density at radius 3 is 2.85 bits per heavy atom. The Balaban J connectivity index is 1.58. The molecule has 20 heavy (non-hydrogen) atoms. The molecule has 0 saturated heterocycles. The number of aryl methyl sites for hydroxylation is 1. The number of hydrogen-bond acceptors (Lipinski definition) is 4. The second kappa shape index (κ2) is 7.67. The van der Waals surface area contributed by atoms with Crippen LogP contribution in [0, 0.1) is 6.92 Å². The lowest BCUT2D eigenvalue weighted by atomic mass is 10.2. The van der Waals surface area contributed by atoms with Gasteiger partial charge in [0.25, 0.3) is 0 Å². The van der Waals surface area contributed by atoms with Gasteiger partial charge in [0.05, 0.1) is 6.54 Å². The SMILES string of the molecule is Cc1ccc(OCC(O)CNCCn2cccn2)cc1. The molecule has 0 saturated carbocycles. The number of aliphatic hydroxyl groups is 1. The number of hydrogen-bond donors (Lipinski definition) is 2. The molecular weight excluding hydrogens is 254 g/mol. The summed E-state index contributed by atoms with van der Waals surface area (Å²) in [6.45, 7) is 4.38. The third-order valence-corrected chi connectivity index (χ3v) is 2.92. The average molecular weight is 275 g/mol. The molecule has 0 amide bonds. The molecule has 0 fully saturated rings. The molecule has 0 aliphatic carbocycles. The topological polar surface area (TPSA) is 59.3 Å². The van der Waals surface area contributed by atoms with Crippen LogP contribution in [0.3, 0.4) is 0 Å².